The topological polar surface area (TPSA) is 54.0 Å². The van der Waals surface area contributed by atoms with Crippen molar-refractivity contribution < 1.29 is 4.79 Å². The molecule has 1 aromatic carbocycles. The molecule has 0 aliphatic carbocycles. The molecule has 3 rings (SSSR count). The molecule has 2 heterocycles. The van der Waals surface area contributed by atoms with Gasteiger partial charge in [-0.05, 0) is 24.1 Å². The summed E-state index contributed by atoms with van der Waals surface area (Å²) in [5.41, 5.74) is 2.06. The Morgan fingerprint density at radius 3 is 2.77 bits per heavy atom. The molecule has 2 atom stereocenters. The second-order valence-corrected chi connectivity index (χ2v) is 5.89. The molecular weight excluding hydrogens is 298 g/mol. The summed E-state index contributed by atoms with van der Waals surface area (Å²) in [6.45, 7) is 0.654. The Labute approximate surface area is 134 Å². The van der Waals surface area contributed by atoms with Gasteiger partial charge in [0.2, 0.25) is 5.91 Å². The van der Waals surface area contributed by atoms with E-state index in [1.165, 1.54) is 0 Å². The third-order valence-corrected chi connectivity index (χ3v) is 4.12. The second-order valence-electron chi connectivity index (χ2n) is 5.45. The highest BCUT2D eigenvalue weighted by Crippen LogP contribution is 2.24. The van der Waals surface area contributed by atoms with Gasteiger partial charge < -0.3 is 10.6 Å². The van der Waals surface area contributed by atoms with Gasteiger partial charge in [-0.2, -0.15) is 0 Å². The maximum absolute atomic E-state index is 11.7. The standard InChI is InChI=1S/C17H18ClN3O/c18-13-6-7-14(19-10-13)11-20-15-8-9-16(22)21-17(15)12-4-2-1-3-5-12/h1-7,10,15,17,20H,8-9,11H2,(H,21,22)/t15-,17+/m1/s1. The average Bonchev–Trinajstić information content (AvgIpc) is 2.56. The molecule has 1 aromatic heterocycles. The summed E-state index contributed by atoms with van der Waals surface area (Å²) in [4.78, 5) is 16.0. The number of pyridine rings is 1. The summed E-state index contributed by atoms with van der Waals surface area (Å²) in [6, 6.07) is 14.0. The zero-order chi connectivity index (χ0) is 15.4. The molecule has 0 radical (unpaired) electrons. The van der Waals surface area contributed by atoms with Crippen LogP contribution in [0.4, 0.5) is 0 Å². The number of hydrogen-bond donors (Lipinski definition) is 2. The van der Waals surface area contributed by atoms with E-state index in [0.29, 0.717) is 18.0 Å². The monoisotopic (exact) mass is 315 g/mol. The third-order valence-electron chi connectivity index (χ3n) is 3.89. The van der Waals surface area contributed by atoms with Gasteiger partial charge in [0.15, 0.2) is 0 Å². The van der Waals surface area contributed by atoms with Crippen LogP contribution < -0.4 is 10.6 Å². The van der Waals surface area contributed by atoms with Crippen molar-refractivity contribution in [3.63, 3.8) is 0 Å². The van der Waals surface area contributed by atoms with Crippen molar-refractivity contribution in [2.75, 3.05) is 0 Å². The van der Waals surface area contributed by atoms with Gasteiger partial charge in [0.05, 0.1) is 16.8 Å². The average molecular weight is 316 g/mol. The molecule has 2 aromatic rings. The minimum Gasteiger partial charge on any atom is -0.348 e. The lowest BCUT2D eigenvalue weighted by atomic mass is 9.92. The number of nitrogens with one attached hydrogen (secondary N) is 2. The molecule has 0 saturated carbocycles. The third kappa shape index (κ3) is 3.64. The maximum atomic E-state index is 11.7. The van der Waals surface area contributed by atoms with Gasteiger partial charge in [-0.1, -0.05) is 41.9 Å². The van der Waals surface area contributed by atoms with Crippen LogP contribution in [0.1, 0.15) is 30.1 Å². The van der Waals surface area contributed by atoms with E-state index in [0.717, 1.165) is 17.7 Å². The van der Waals surface area contributed by atoms with Crippen molar-refractivity contribution in [1.82, 2.24) is 15.6 Å². The van der Waals surface area contributed by atoms with Gasteiger partial charge in [0.1, 0.15) is 0 Å². The molecule has 0 spiro atoms. The molecule has 0 bridgehead atoms. The van der Waals surface area contributed by atoms with Crippen LogP contribution in [0, 0.1) is 0 Å². The van der Waals surface area contributed by atoms with E-state index in [9.17, 15) is 4.79 Å². The first kappa shape index (κ1) is 15.0. The Hall–Kier alpha value is -1.91. The Morgan fingerprint density at radius 1 is 1.23 bits per heavy atom. The first-order chi connectivity index (χ1) is 10.7. The Kier molecular flexibility index (Phi) is 4.71. The zero-order valence-electron chi connectivity index (χ0n) is 12.1. The number of aromatic nitrogens is 1. The number of carbonyl (C=O) groups is 1. The molecule has 1 saturated heterocycles. The van der Waals surface area contributed by atoms with E-state index in [-0.39, 0.29) is 18.0 Å². The van der Waals surface area contributed by atoms with E-state index in [4.69, 9.17) is 11.6 Å². The van der Waals surface area contributed by atoms with Crippen molar-refractivity contribution in [2.45, 2.75) is 31.5 Å². The van der Waals surface area contributed by atoms with Crippen LogP contribution in [0.5, 0.6) is 0 Å². The van der Waals surface area contributed by atoms with E-state index in [1.807, 2.05) is 42.5 Å². The van der Waals surface area contributed by atoms with Gasteiger partial charge in [0, 0.05) is 25.2 Å². The summed E-state index contributed by atoms with van der Waals surface area (Å²) < 4.78 is 0. The van der Waals surface area contributed by atoms with Gasteiger partial charge in [0.25, 0.3) is 0 Å². The fourth-order valence-corrected chi connectivity index (χ4v) is 2.85. The van der Waals surface area contributed by atoms with Crippen LogP contribution >= 0.6 is 11.6 Å². The van der Waals surface area contributed by atoms with E-state index < -0.39 is 0 Å². The molecule has 114 valence electrons. The van der Waals surface area contributed by atoms with Gasteiger partial charge in [-0.15, -0.1) is 0 Å². The first-order valence-corrected chi connectivity index (χ1v) is 7.78. The maximum Gasteiger partial charge on any atom is 0.220 e. The van der Waals surface area contributed by atoms with Crippen molar-refractivity contribution in [3.8, 4) is 0 Å². The summed E-state index contributed by atoms with van der Waals surface area (Å²) in [6.07, 6.45) is 3.02. The number of amides is 1. The minimum absolute atomic E-state index is 0.00486. The smallest absolute Gasteiger partial charge is 0.220 e. The van der Waals surface area contributed by atoms with Crippen LogP contribution in [-0.4, -0.2) is 16.9 Å². The normalized spacial score (nSPS) is 21.4. The lowest BCUT2D eigenvalue weighted by Gasteiger charge is -2.33. The molecule has 2 N–H and O–H groups in total. The molecule has 1 aliphatic rings. The lowest BCUT2D eigenvalue weighted by Crippen LogP contribution is -2.48. The molecule has 1 fully saturated rings. The number of nitrogens with zero attached hydrogens (tertiary/aromatic N) is 1. The predicted molar refractivity (Wildman–Crippen MR) is 86.4 cm³/mol. The van der Waals surface area contributed by atoms with E-state index >= 15 is 0 Å². The number of halogens is 1. The van der Waals surface area contributed by atoms with Crippen LogP contribution in [0.25, 0.3) is 0 Å². The predicted octanol–water partition coefficient (Wildman–Crippen LogP) is 2.84. The molecule has 0 unspecified atom stereocenters. The number of hydrogen-bond acceptors (Lipinski definition) is 3. The second kappa shape index (κ2) is 6.90. The summed E-state index contributed by atoms with van der Waals surface area (Å²) >= 11 is 5.85. The molecule has 5 heteroatoms. The molecule has 1 aliphatic heterocycles. The number of rotatable bonds is 4. The fraction of sp³-hybridized carbons (Fsp3) is 0.294. The highest BCUT2D eigenvalue weighted by atomic mass is 35.5. The Balaban J connectivity index is 1.70. The molecule has 4 nitrogen and oxygen atoms in total. The first-order valence-electron chi connectivity index (χ1n) is 7.40. The van der Waals surface area contributed by atoms with E-state index in [2.05, 4.69) is 15.6 Å². The Morgan fingerprint density at radius 2 is 2.05 bits per heavy atom. The quantitative estimate of drug-likeness (QED) is 0.912. The molecule has 22 heavy (non-hydrogen) atoms. The van der Waals surface area contributed by atoms with Gasteiger partial charge in [-0.25, -0.2) is 0 Å². The van der Waals surface area contributed by atoms with Crippen molar-refractivity contribution in [1.29, 1.82) is 0 Å². The summed E-state index contributed by atoms with van der Waals surface area (Å²) in [5.74, 6) is 0.108. The molecular formula is C17H18ClN3O. The SMILES string of the molecule is O=C1CC[C@@H](NCc2ccc(Cl)cn2)[C@H](c2ccccc2)N1. The zero-order valence-corrected chi connectivity index (χ0v) is 12.9. The summed E-state index contributed by atoms with van der Waals surface area (Å²) in [5, 5.41) is 7.23. The summed E-state index contributed by atoms with van der Waals surface area (Å²) in [7, 11) is 0. The highest BCUT2D eigenvalue weighted by molar-refractivity contribution is 6.30. The Bertz CT molecular complexity index is 630. The molecule has 1 amide bonds. The largest absolute Gasteiger partial charge is 0.348 e. The van der Waals surface area contributed by atoms with Crippen LogP contribution in [0.3, 0.4) is 0 Å². The van der Waals surface area contributed by atoms with Crippen LogP contribution in [-0.2, 0) is 11.3 Å². The van der Waals surface area contributed by atoms with Crippen molar-refractivity contribution in [3.05, 3.63) is 64.9 Å². The fourth-order valence-electron chi connectivity index (χ4n) is 2.74. The number of benzene rings is 1. The highest BCUT2D eigenvalue weighted by Gasteiger charge is 2.29. The van der Waals surface area contributed by atoms with E-state index in [1.54, 1.807) is 6.20 Å². The van der Waals surface area contributed by atoms with Crippen LogP contribution in [0.15, 0.2) is 48.7 Å². The van der Waals surface area contributed by atoms with Crippen molar-refractivity contribution in [2.24, 2.45) is 0 Å². The van der Waals surface area contributed by atoms with Crippen LogP contribution in [0.2, 0.25) is 5.02 Å². The van der Waals surface area contributed by atoms with Gasteiger partial charge >= 0.3 is 0 Å². The number of piperidine rings is 1. The van der Waals surface area contributed by atoms with Gasteiger partial charge in [-0.3, -0.25) is 9.78 Å². The minimum atomic E-state index is -0.00486. The number of carbonyl (C=O) groups excluding carboxylic acids is 1. The lowest BCUT2D eigenvalue weighted by molar-refractivity contribution is -0.123. The van der Waals surface area contributed by atoms with Crippen molar-refractivity contribution >= 4 is 17.5 Å².